The first-order valence-corrected chi connectivity index (χ1v) is 3.48. The van der Waals surface area contributed by atoms with Gasteiger partial charge in [0.15, 0.2) is 0 Å². The van der Waals surface area contributed by atoms with Crippen LogP contribution in [0.25, 0.3) is 0 Å². The van der Waals surface area contributed by atoms with E-state index >= 15 is 0 Å². The molecule has 0 saturated heterocycles. The Labute approximate surface area is 65.1 Å². The van der Waals surface area contributed by atoms with Gasteiger partial charge < -0.3 is 10.1 Å². The smallest absolute Gasteiger partial charge is 0.0962 e. The van der Waals surface area contributed by atoms with E-state index < -0.39 is 0 Å². The summed E-state index contributed by atoms with van der Waals surface area (Å²) in [4.78, 5) is 0. The van der Waals surface area contributed by atoms with Gasteiger partial charge in [-0.2, -0.15) is 15.4 Å². The second-order valence-electron chi connectivity index (χ2n) is 2.13. The molecule has 0 unspecified atom stereocenters. The molecule has 0 amide bonds. The van der Waals surface area contributed by atoms with E-state index in [1.54, 1.807) is 13.3 Å². The highest BCUT2D eigenvalue weighted by Crippen LogP contribution is 1.85. The monoisotopic (exact) mass is 156 g/mol. The molecule has 1 heterocycles. The Morgan fingerprint density at radius 2 is 2.64 bits per heavy atom. The Morgan fingerprint density at radius 1 is 1.73 bits per heavy atom. The predicted molar refractivity (Wildman–Crippen MR) is 40.0 cm³/mol. The maximum Gasteiger partial charge on any atom is 0.0962 e. The number of aromatic amines is 1. The number of methoxy groups -OCH3 is 1. The first-order valence-electron chi connectivity index (χ1n) is 3.48. The molecule has 1 aromatic heterocycles. The molecule has 0 bridgehead atoms. The SMILES string of the molecule is COCCNCc1cn[nH]n1. The van der Waals surface area contributed by atoms with Gasteiger partial charge in [0.05, 0.1) is 18.5 Å². The third kappa shape index (κ3) is 3.10. The molecule has 0 aliphatic heterocycles. The molecule has 0 aliphatic rings. The quantitative estimate of drug-likeness (QED) is 0.566. The molecule has 5 heteroatoms. The Kier molecular flexibility index (Phi) is 3.57. The van der Waals surface area contributed by atoms with Crippen LogP contribution in [0.1, 0.15) is 5.69 Å². The van der Waals surface area contributed by atoms with Crippen molar-refractivity contribution in [3.63, 3.8) is 0 Å². The van der Waals surface area contributed by atoms with Crippen LogP contribution in [0.5, 0.6) is 0 Å². The lowest BCUT2D eigenvalue weighted by molar-refractivity contribution is 0.199. The van der Waals surface area contributed by atoms with E-state index in [0.717, 1.165) is 25.4 Å². The lowest BCUT2D eigenvalue weighted by atomic mass is 10.5. The fourth-order valence-electron chi connectivity index (χ4n) is 0.701. The number of hydrogen-bond donors (Lipinski definition) is 2. The molecule has 0 spiro atoms. The normalized spacial score (nSPS) is 10.3. The van der Waals surface area contributed by atoms with Crippen molar-refractivity contribution in [2.75, 3.05) is 20.3 Å². The van der Waals surface area contributed by atoms with Crippen LogP contribution in [-0.2, 0) is 11.3 Å². The van der Waals surface area contributed by atoms with Crippen molar-refractivity contribution in [2.45, 2.75) is 6.54 Å². The summed E-state index contributed by atoms with van der Waals surface area (Å²) in [6, 6.07) is 0. The number of ether oxygens (including phenoxy) is 1. The lowest BCUT2D eigenvalue weighted by Crippen LogP contribution is -2.18. The van der Waals surface area contributed by atoms with E-state index in [9.17, 15) is 0 Å². The molecule has 1 aromatic rings. The molecule has 0 aromatic carbocycles. The van der Waals surface area contributed by atoms with Crippen molar-refractivity contribution < 1.29 is 4.74 Å². The Morgan fingerprint density at radius 3 is 3.27 bits per heavy atom. The van der Waals surface area contributed by atoms with E-state index in [4.69, 9.17) is 4.74 Å². The van der Waals surface area contributed by atoms with Crippen LogP contribution in [0.3, 0.4) is 0 Å². The fraction of sp³-hybridized carbons (Fsp3) is 0.667. The molecular weight excluding hydrogens is 144 g/mol. The summed E-state index contributed by atoms with van der Waals surface area (Å²) in [7, 11) is 1.68. The highest BCUT2D eigenvalue weighted by Gasteiger charge is 1.92. The maximum absolute atomic E-state index is 4.85. The van der Waals surface area contributed by atoms with Gasteiger partial charge in [-0.1, -0.05) is 0 Å². The van der Waals surface area contributed by atoms with Crippen LogP contribution in [0, 0.1) is 0 Å². The lowest BCUT2D eigenvalue weighted by Gasteiger charge is -1.99. The van der Waals surface area contributed by atoms with Gasteiger partial charge in [0.25, 0.3) is 0 Å². The summed E-state index contributed by atoms with van der Waals surface area (Å²) >= 11 is 0. The standard InChI is InChI=1S/C6H12N4O/c1-11-3-2-7-4-6-5-8-10-9-6/h5,7H,2-4H2,1H3,(H,8,9,10). The number of hydrogen-bond acceptors (Lipinski definition) is 4. The van der Waals surface area contributed by atoms with E-state index in [0.29, 0.717) is 0 Å². The van der Waals surface area contributed by atoms with Gasteiger partial charge in [0.1, 0.15) is 0 Å². The molecule has 0 atom stereocenters. The fourth-order valence-corrected chi connectivity index (χ4v) is 0.701. The van der Waals surface area contributed by atoms with Gasteiger partial charge in [0, 0.05) is 20.2 Å². The third-order valence-electron chi connectivity index (χ3n) is 1.25. The van der Waals surface area contributed by atoms with E-state index in [1.165, 1.54) is 0 Å². The predicted octanol–water partition coefficient (Wildman–Crippen LogP) is -0.459. The van der Waals surface area contributed by atoms with Crippen LogP contribution in [0.2, 0.25) is 0 Å². The van der Waals surface area contributed by atoms with Crippen molar-refractivity contribution in [1.82, 2.24) is 20.7 Å². The highest BCUT2D eigenvalue weighted by molar-refractivity contribution is 4.88. The topological polar surface area (TPSA) is 62.8 Å². The molecule has 0 radical (unpaired) electrons. The van der Waals surface area contributed by atoms with E-state index in [1.807, 2.05) is 0 Å². The molecule has 0 saturated carbocycles. The van der Waals surface area contributed by atoms with Gasteiger partial charge in [-0.15, -0.1) is 0 Å². The number of rotatable bonds is 5. The van der Waals surface area contributed by atoms with Crippen LogP contribution in [-0.4, -0.2) is 35.7 Å². The van der Waals surface area contributed by atoms with Crippen molar-refractivity contribution in [3.05, 3.63) is 11.9 Å². The summed E-state index contributed by atoms with van der Waals surface area (Å²) in [5, 5.41) is 13.2. The maximum atomic E-state index is 4.85. The summed E-state index contributed by atoms with van der Waals surface area (Å²) in [6.07, 6.45) is 1.69. The zero-order valence-corrected chi connectivity index (χ0v) is 6.50. The van der Waals surface area contributed by atoms with Crippen LogP contribution in [0.4, 0.5) is 0 Å². The number of H-pyrrole nitrogens is 1. The Bertz CT molecular complexity index is 175. The molecule has 0 fully saturated rings. The van der Waals surface area contributed by atoms with E-state index in [-0.39, 0.29) is 0 Å². The summed E-state index contributed by atoms with van der Waals surface area (Å²) in [5.41, 5.74) is 0.918. The second kappa shape index (κ2) is 4.81. The largest absolute Gasteiger partial charge is 0.383 e. The second-order valence-corrected chi connectivity index (χ2v) is 2.13. The first-order chi connectivity index (χ1) is 5.43. The number of aromatic nitrogens is 3. The molecule has 2 N–H and O–H groups in total. The zero-order valence-electron chi connectivity index (χ0n) is 6.50. The van der Waals surface area contributed by atoms with Gasteiger partial charge in [0.2, 0.25) is 0 Å². The Hall–Kier alpha value is -0.940. The first kappa shape index (κ1) is 8.16. The number of nitrogens with zero attached hydrogens (tertiary/aromatic N) is 2. The summed E-state index contributed by atoms with van der Waals surface area (Å²) in [5.74, 6) is 0. The molecule has 62 valence electrons. The zero-order chi connectivity index (χ0) is 7.94. The van der Waals surface area contributed by atoms with Crippen molar-refractivity contribution >= 4 is 0 Å². The molecule has 1 rings (SSSR count). The van der Waals surface area contributed by atoms with Crippen LogP contribution >= 0.6 is 0 Å². The molecule has 0 aliphatic carbocycles. The van der Waals surface area contributed by atoms with E-state index in [2.05, 4.69) is 20.7 Å². The highest BCUT2D eigenvalue weighted by atomic mass is 16.5. The average molecular weight is 156 g/mol. The summed E-state index contributed by atoms with van der Waals surface area (Å²) in [6.45, 7) is 2.29. The van der Waals surface area contributed by atoms with Crippen molar-refractivity contribution in [3.8, 4) is 0 Å². The van der Waals surface area contributed by atoms with Crippen LogP contribution in [0.15, 0.2) is 6.20 Å². The van der Waals surface area contributed by atoms with Crippen molar-refractivity contribution in [1.29, 1.82) is 0 Å². The van der Waals surface area contributed by atoms with Gasteiger partial charge in [-0.25, -0.2) is 0 Å². The minimum Gasteiger partial charge on any atom is -0.383 e. The average Bonchev–Trinajstić information content (AvgIpc) is 2.50. The minimum absolute atomic E-state index is 0.720. The molecule has 5 nitrogen and oxygen atoms in total. The van der Waals surface area contributed by atoms with Crippen LogP contribution < -0.4 is 5.32 Å². The van der Waals surface area contributed by atoms with Gasteiger partial charge in [-0.3, -0.25) is 0 Å². The van der Waals surface area contributed by atoms with Gasteiger partial charge >= 0.3 is 0 Å². The summed E-state index contributed by atoms with van der Waals surface area (Å²) < 4.78 is 4.85. The minimum atomic E-state index is 0.720. The number of nitrogens with one attached hydrogen (secondary N) is 2. The van der Waals surface area contributed by atoms with Crippen molar-refractivity contribution in [2.24, 2.45) is 0 Å². The Balaban J connectivity index is 2.04. The molecule has 11 heavy (non-hydrogen) atoms. The van der Waals surface area contributed by atoms with Gasteiger partial charge in [-0.05, 0) is 0 Å². The third-order valence-corrected chi connectivity index (χ3v) is 1.25. The molecular formula is C6H12N4O.